The molecule has 4 rings (SSSR count). The Balaban J connectivity index is 1.39. The summed E-state index contributed by atoms with van der Waals surface area (Å²) >= 11 is 1.55. The average Bonchev–Trinajstić information content (AvgIpc) is 3.40. The van der Waals surface area contributed by atoms with Crippen LogP contribution in [0, 0.1) is 0 Å². The molecule has 0 unspecified atom stereocenters. The maximum Gasteiger partial charge on any atom is 0.338 e. The number of hydrogen-bond donors (Lipinski definition) is 2. The SMILES string of the molecule is O=C(COC(=O)c1ccc2nc(-c3cccnc3)[nH]c2c1)NCc1cccs1. The van der Waals surface area contributed by atoms with Crippen molar-refractivity contribution < 1.29 is 14.3 Å². The molecular formula is C20H16N4O3S. The molecule has 28 heavy (non-hydrogen) atoms. The molecule has 4 aromatic rings. The number of thiophene rings is 1. The van der Waals surface area contributed by atoms with E-state index in [0.717, 1.165) is 16.0 Å². The average molecular weight is 392 g/mol. The van der Waals surface area contributed by atoms with Gasteiger partial charge in [0.05, 0.1) is 23.1 Å². The molecular weight excluding hydrogens is 376 g/mol. The minimum Gasteiger partial charge on any atom is -0.452 e. The summed E-state index contributed by atoms with van der Waals surface area (Å²) in [7, 11) is 0. The molecule has 7 nitrogen and oxygen atoms in total. The van der Waals surface area contributed by atoms with Gasteiger partial charge in [-0.15, -0.1) is 11.3 Å². The first kappa shape index (κ1) is 17.9. The van der Waals surface area contributed by atoms with Gasteiger partial charge < -0.3 is 15.0 Å². The van der Waals surface area contributed by atoms with Crippen LogP contribution in [0.15, 0.2) is 60.2 Å². The van der Waals surface area contributed by atoms with Gasteiger partial charge in [-0.05, 0) is 41.8 Å². The third-order valence-electron chi connectivity index (χ3n) is 4.03. The number of ether oxygens (including phenoxy) is 1. The quantitative estimate of drug-likeness (QED) is 0.491. The minimum atomic E-state index is -0.564. The summed E-state index contributed by atoms with van der Waals surface area (Å²) in [5.74, 6) is -0.240. The first-order chi connectivity index (χ1) is 13.7. The number of nitrogens with one attached hydrogen (secondary N) is 2. The van der Waals surface area contributed by atoms with Gasteiger partial charge in [0.2, 0.25) is 0 Å². The third kappa shape index (κ3) is 4.07. The van der Waals surface area contributed by atoms with Crippen LogP contribution < -0.4 is 5.32 Å². The van der Waals surface area contributed by atoms with Crippen molar-refractivity contribution in [2.24, 2.45) is 0 Å². The van der Waals surface area contributed by atoms with E-state index in [0.29, 0.717) is 23.4 Å². The minimum absolute atomic E-state index is 0.327. The normalized spacial score (nSPS) is 10.7. The van der Waals surface area contributed by atoms with E-state index in [1.54, 1.807) is 41.9 Å². The van der Waals surface area contributed by atoms with Crippen molar-refractivity contribution >= 4 is 34.2 Å². The fraction of sp³-hybridized carbons (Fsp3) is 0.100. The number of nitrogens with zero attached hydrogens (tertiary/aromatic N) is 2. The van der Waals surface area contributed by atoms with Gasteiger partial charge in [-0.3, -0.25) is 9.78 Å². The smallest absolute Gasteiger partial charge is 0.338 e. The second-order valence-corrected chi connectivity index (χ2v) is 7.02. The topological polar surface area (TPSA) is 97.0 Å². The molecule has 8 heteroatoms. The number of hydrogen-bond acceptors (Lipinski definition) is 6. The van der Waals surface area contributed by atoms with Crippen molar-refractivity contribution in [3.05, 3.63) is 70.7 Å². The van der Waals surface area contributed by atoms with Crippen LogP contribution in [-0.4, -0.2) is 33.4 Å². The molecule has 0 spiro atoms. The number of amides is 1. The Morgan fingerprint density at radius 2 is 2.11 bits per heavy atom. The van der Waals surface area contributed by atoms with Crippen molar-refractivity contribution in [2.75, 3.05) is 6.61 Å². The maximum absolute atomic E-state index is 12.3. The van der Waals surface area contributed by atoms with E-state index in [9.17, 15) is 9.59 Å². The first-order valence-corrected chi connectivity index (χ1v) is 9.43. The summed E-state index contributed by atoms with van der Waals surface area (Å²) in [4.78, 5) is 36.9. The lowest BCUT2D eigenvalue weighted by Gasteiger charge is -2.06. The van der Waals surface area contributed by atoms with Gasteiger partial charge in [-0.1, -0.05) is 6.07 Å². The summed E-state index contributed by atoms with van der Waals surface area (Å²) in [5, 5.41) is 4.65. The fourth-order valence-electron chi connectivity index (χ4n) is 2.64. The van der Waals surface area contributed by atoms with Crippen LogP contribution >= 0.6 is 11.3 Å². The van der Waals surface area contributed by atoms with E-state index >= 15 is 0 Å². The molecule has 3 heterocycles. The molecule has 2 N–H and O–H groups in total. The van der Waals surface area contributed by atoms with Crippen LogP contribution in [0.2, 0.25) is 0 Å². The molecule has 0 atom stereocenters. The number of aromatic amines is 1. The predicted molar refractivity (Wildman–Crippen MR) is 106 cm³/mol. The van der Waals surface area contributed by atoms with Crippen LogP contribution in [0.5, 0.6) is 0 Å². The Morgan fingerprint density at radius 1 is 1.18 bits per heavy atom. The maximum atomic E-state index is 12.3. The highest BCUT2D eigenvalue weighted by molar-refractivity contribution is 7.09. The van der Waals surface area contributed by atoms with Gasteiger partial charge in [0.15, 0.2) is 6.61 Å². The van der Waals surface area contributed by atoms with Crippen LogP contribution in [0.4, 0.5) is 0 Å². The first-order valence-electron chi connectivity index (χ1n) is 8.55. The second kappa shape index (κ2) is 8.01. The molecule has 0 saturated carbocycles. The Kier molecular flexibility index (Phi) is 5.11. The van der Waals surface area contributed by atoms with E-state index in [2.05, 4.69) is 20.3 Å². The van der Waals surface area contributed by atoms with Gasteiger partial charge in [0, 0.05) is 22.8 Å². The van der Waals surface area contributed by atoms with Gasteiger partial charge in [-0.2, -0.15) is 0 Å². The van der Waals surface area contributed by atoms with E-state index in [-0.39, 0.29) is 12.5 Å². The number of fused-ring (bicyclic) bond motifs is 1. The fourth-order valence-corrected chi connectivity index (χ4v) is 3.29. The number of pyridine rings is 1. The number of esters is 1. The zero-order chi connectivity index (χ0) is 19.3. The number of imidazole rings is 1. The molecule has 1 aromatic carbocycles. The van der Waals surface area contributed by atoms with Gasteiger partial charge in [0.25, 0.3) is 5.91 Å². The number of benzene rings is 1. The van der Waals surface area contributed by atoms with Crippen molar-refractivity contribution in [3.8, 4) is 11.4 Å². The van der Waals surface area contributed by atoms with Crippen LogP contribution in [0.1, 0.15) is 15.2 Å². The molecule has 0 saturated heterocycles. The van der Waals surface area contributed by atoms with Gasteiger partial charge in [-0.25, -0.2) is 9.78 Å². The Labute approximate surface area is 164 Å². The molecule has 3 aromatic heterocycles. The lowest BCUT2D eigenvalue weighted by Crippen LogP contribution is -2.28. The Bertz CT molecular complexity index is 1110. The highest BCUT2D eigenvalue weighted by atomic mass is 32.1. The largest absolute Gasteiger partial charge is 0.452 e. The third-order valence-corrected chi connectivity index (χ3v) is 4.90. The summed E-state index contributed by atoms with van der Waals surface area (Å²) < 4.78 is 5.11. The molecule has 0 aliphatic heterocycles. The number of rotatable bonds is 6. The predicted octanol–water partition coefficient (Wildman–Crippen LogP) is 3.16. The van der Waals surface area contributed by atoms with Crippen molar-refractivity contribution in [1.29, 1.82) is 0 Å². The number of aromatic nitrogens is 3. The zero-order valence-electron chi connectivity index (χ0n) is 14.7. The van der Waals surface area contributed by atoms with E-state index in [1.807, 2.05) is 29.6 Å². The van der Waals surface area contributed by atoms with Crippen molar-refractivity contribution in [1.82, 2.24) is 20.3 Å². The van der Waals surface area contributed by atoms with E-state index < -0.39 is 5.97 Å². The van der Waals surface area contributed by atoms with Gasteiger partial charge >= 0.3 is 5.97 Å². The molecule has 0 aliphatic rings. The summed E-state index contributed by atoms with van der Waals surface area (Å²) in [6, 6.07) is 12.6. The van der Waals surface area contributed by atoms with Crippen LogP contribution in [0.3, 0.4) is 0 Å². The standard InChI is InChI=1S/C20H16N4O3S/c25-18(22-11-15-4-2-8-28-15)12-27-20(26)13-5-6-16-17(9-13)24-19(23-16)14-3-1-7-21-10-14/h1-10H,11-12H2,(H,22,25)(H,23,24). The summed E-state index contributed by atoms with van der Waals surface area (Å²) in [6.45, 7) is 0.0947. The number of H-pyrrole nitrogens is 1. The Hall–Kier alpha value is -3.52. The molecule has 0 aliphatic carbocycles. The lowest BCUT2D eigenvalue weighted by molar-refractivity contribution is -0.124. The summed E-state index contributed by atoms with van der Waals surface area (Å²) in [6.07, 6.45) is 3.40. The number of carbonyl (C=O) groups excluding carboxylic acids is 2. The second-order valence-electron chi connectivity index (χ2n) is 5.99. The Morgan fingerprint density at radius 3 is 2.89 bits per heavy atom. The summed E-state index contributed by atoms with van der Waals surface area (Å²) in [5.41, 5.74) is 2.63. The molecule has 1 amide bonds. The van der Waals surface area contributed by atoms with Gasteiger partial charge in [0.1, 0.15) is 5.82 Å². The van der Waals surface area contributed by atoms with Crippen molar-refractivity contribution in [2.45, 2.75) is 6.54 Å². The highest BCUT2D eigenvalue weighted by Crippen LogP contribution is 2.20. The molecule has 0 fully saturated rings. The highest BCUT2D eigenvalue weighted by Gasteiger charge is 2.13. The van der Waals surface area contributed by atoms with E-state index in [4.69, 9.17) is 4.74 Å². The van der Waals surface area contributed by atoms with Crippen LogP contribution in [-0.2, 0) is 16.1 Å². The van der Waals surface area contributed by atoms with Crippen molar-refractivity contribution in [3.63, 3.8) is 0 Å². The molecule has 140 valence electrons. The van der Waals surface area contributed by atoms with E-state index in [1.165, 1.54) is 0 Å². The monoisotopic (exact) mass is 392 g/mol. The van der Waals surface area contributed by atoms with Crippen LogP contribution in [0.25, 0.3) is 22.4 Å². The molecule has 0 bridgehead atoms. The molecule has 0 radical (unpaired) electrons. The number of carbonyl (C=O) groups is 2. The lowest BCUT2D eigenvalue weighted by atomic mass is 10.2. The zero-order valence-corrected chi connectivity index (χ0v) is 15.5.